The number of ether oxygens (including phenoxy) is 2. The molecule has 0 unspecified atom stereocenters. The average molecular weight is 393 g/mol. The standard InChI is InChI=1S/C21H23N5O3/c1-6-25-12-14(11-23-25)26-20(27)15-7-8-16(24-18(15)21(26,2)3)13-9-17(28-4)19(29-5)22-10-13/h7-12H,6H2,1-5H3. The lowest BCUT2D eigenvalue weighted by Gasteiger charge is -2.30. The Morgan fingerprint density at radius 2 is 1.93 bits per heavy atom. The van der Waals surface area contributed by atoms with Crippen LogP contribution in [0, 0.1) is 0 Å². The molecule has 150 valence electrons. The van der Waals surface area contributed by atoms with Gasteiger partial charge >= 0.3 is 0 Å². The Bertz CT molecular complexity index is 1090. The van der Waals surface area contributed by atoms with Crippen molar-refractivity contribution in [3.8, 4) is 22.9 Å². The van der Waals surface area contributed by atoms with Crippen molar-refractivity contribution in [3.05, 3.63) is 48.0 Å². The van der Waals surface area contributed by atoms with Crippen molar-refractivity contribution in [2.45, 2.75) is 32.9 Å². The van der Waals surface area contributed by atoms with Crippen molar-refractivity contribution in [1.29, 1.82) is 0 Å². The number of carbonyl (C=O) groups is 1. The van der Waals surface area contributed by atoms with E-state index in [1.165, 1.54) is 0 Å². The first-order valence-corrected chi connectivity index (χ1v) is 9.37. The molecule has 0 N–H and O–H groups in total. The number of aromatic nitrogens is 4. The normalized spacial score (nSPS) is 14.8. The number of hydrogen-bond donors (Lipinski definition) is 0. The minimum Gasteiger partial charge on any atom is -0.491 e. The maximum Gasteiger partial charge on any atom is 0.261 e. The molecule has 3 aromatic heterocycles. The van der Waals surface area contributed by atoms with Crippen LogP contribution in [0.4, 0.5) is 5.69 Å². The number of hydrogen-bond acceptors (Lipinski definition) is 6. The smallest absolute Gasteiger partial charge is 0.261 e. The Balaban J connectivity index is 1.77. The minimum atomic E-state index is -0.617. The summed E-state index contributed by atoms with van der Waals surface area (Å²) in [4.78, 5) is 24.0. The van der Waals surface area contributed by atoms with E-state index in [1.807, 2.05) is 45.2 Å². The average Bonchev–Trinajstić information content (AvgIpc) is 3.27. The first-order valence-electron chi connectivity index (χ1n) is 9.37. The highest BCUT2D eigenvalue weighted by Gasteiger charge is 2.46. The highest BCUT2D eigenvalue weighted by Crippen LogP contribution is 2.41. The summed E-state index contributed by atoms with van der Waals surface area (Å²) in [5.41, 5.74) is 2.95. The van der Waals surface area contributed by atoms with Gasteiger partial charge in [0, 0.05) is 24.5 Å². The van der Waals surface area contributed by atoms with Crippen LogP contribution in [0.25, 0.3) is 11.3 Å². The molecule has 1 amide bonds. The lowest BCUT2D eigenvalue weighted by atomic mass is 9.98. The van der Waals surface area contributed by atoms with Gasteiger partial charge in [-0.15, -0.1) is 0 Å². The first-order chi connectivity index (χ1) is 13.9. The van der Waals surface area contributed by atoms with Crippen LogP contribution < -0.4 is 14.4 Å². The third-order valence-electron chi connectivity index (χ3n) is 5.20. The van der Waals surface area contributed by atoms with E-state index in [0.29, 0.717) is 22.9 Å². The van der Waals surface area contributed by atoms with Gasteiger partial charge in [0.2, 0.25) is 0 Å². The number of methoxy groups -OCH3 is 2. The molecular formula is C21H23N5O3. The molecule has 8 nitrogen and oxygen atoms in total. The third-order valence-corrected chi connectivity index (χ3v) is 5.20. The summed E-state index contributed by atoms with van der Waals surface area (Å²) in [5, 5.41) is 4.31. The molecule has 0 aromatic carbocycles. The second-order valence-corrected chi connectivity index (χ2v) is 7.28. The minimum absolute atomic E-state index is 0.0786. The van der Waals surface area contributed by atoms with E-state index in [-0.39, 0.29) is 5.91 Å². The van der Waals surface area contributed by atoms with Crippen LogP contribution in [0.2, 0.25) is 0 Å². The zero-order valence-corrected chi connectivity index (χ0v) is 17.1. The number of fused-ring (bicyclic) bond motifs is 1. The zero-order chi connectivity index (χ0) is 20.8. The van der Waals surface area contributed by atoms with Gasteiger partial charge in [-0.05, 0) is 39.0 Å². The molecule has 0 aliphatic carbocycles. The van der Waals surface area contributed by atoms with Gasteiger partial charge in [0.1, 0.15) is 0 Å². The number of carbonyl (C=O) groups excluding carboxylic acids is 1. The molecule has 0 radical (unpaired) electrons. The van der Waals surface area contributed by atoms with E-state index < -0.39 is 5.54 Å². The lowest BCUT2D eigenvalue weighted by Crippen LogP contribution is -2.39. The third kappa shape index (κ3) is 2.91. The fourth-order valence-electron chi connectivity index (χ4n) is 3.69. The molecule has 0 atom stereocenters. The van der Waals surface area contributed by atoms with Crippen molar-refractivity contribution in [3.63, 3.8) is 0 Å². The zero-order valence-electron chi connectivity index (χ0n) is 17.1. The van der Waals surface area contributed by atoms with Crippen molar-refractivity contribution in [2.75, 3.05) is 19.1 Å². The number of nitrogens with zero attached hydrogens (tertiary/aromatic N) is 5. The topological polar surface area (TPSA) is 82.4 Å². The van der Waals surface area contributed by atoms with Gasteiger partial charge in [-0.1, -0.05) is 0 Å². The quantitative estimate of drug-likeness (QED) is 0.662. The number of aryl methyl sites for hydroxylation is 1. The summed E-state index contributed by atoms with van der Waals surface area (Å²) >= 11 is 0. The fraction of sp³-hybridized carbons (Fsp3) is 0.333. The van der Waals surface area contributed by atoms with E-state index in [0.717, 1.165) is 23.5 Å². The molecule has 0 saturated carbocycles. The molecule has 29 heavy (non-hydrogen) atoms. The maximum absolute atomic E-state index is 13.1. The molecule has 4 rings (SSSR count). The number of pyridine rings is 2. The van der Waals surface area contributed by atoms with E-state index in [2.05, 4.69) is 10.1 Å². The summed E-state index contributed by atoms with van der Waals surface area (Å²) in [5.74, 6) is 0.855. The van der Waals surface area contributed by atoms with Crippen LogP contribution in [0.15, 0.2) is 36.8 Å². The molecule has 8 heteroatoms. The van der Waals surface area contributed by atoms with Gasteiger partial charge in [0.25, 0.3) is 11.8 Å². The van der Waals surface area contributed by atoms with Gasteiger partial charge in [0.05, 0.1) is 48.6 Å². The lowest BCUT2D eigenvalue weighted by molar-refractivity contribution is 0.0982. The highest BCUT2D eigenvalue weighted by atomic mass is 16.5. The van der Waals surface area contributed by atoms with Gasteiger partial charge < -0.3 is 9.47 Å². The van der Waals surface area contributed by atoms with Crippen LogP contribution in [0.5, 0.6) is 11.6 Å². The largest absolute Gasteiger partial charge is 0.491 e. The first kappa shape index (κ1) is 18.9. The Morgan fingerprint density at radius 1 is 1.14 bits per heavy atom. The number of rotatable bonds is 5. The Labute approximate surface area is 169 Å². The van der Waals surface area contributed by atoms with Crippen molar-refractivity contribution in [1.82, 2.24) is 19.7 Å². The molecule has 0 saturated heterocycles. The maximum atomic E-state index is 13.1. The van der Waals surface area contributed by atoms with Crippen molar-refractivity contribution in [2.24, 2.45) is 0 Å². The Hall–Kier alpha value is -3.42. The fourth-order valence-corrected chi connectivity index (χ4v) is 3.69. The second-order valence-electron chi connectivity index (χ2n) is 7.28. The highest BCUT2D eigenvalue weighted by molar-refractivity contribution is 6.11. The summed E-state index contributed by atoms with van der Waals surface area (Å²) in [7, 11) is 3.11. The SMILES string of the molecule is CCn1cc(N2C(=O)c3ccc(-c4cnc(OC)c(OC)c4)nc3C2(C)C)cn1. The van der Waals surface area contributed by atoms with Gasteiger partial charge in [-0.3, -0.25) is 14.4 Å². The molecule has 0 fully saturated rings. The van der Waals surface area contributed by atoms with Crippen LogP contribution in [0.3, 0.4) is 0 Å². The van der Waals surface area contributed by atoms with Gasteiger partial charge in [0.15, 0.2) is 5.75 Å². The summed E-state index contributed by atoms with van der Waals surface area (Å²) in [6.45, 7) is 6.73. The van der Waals surface area contributed by atoms with Crippen LogP contribution in [-0.4, -0.2) is 39.9 Å². The monoisotopic (exact) mass is 393 g/mol. The van der Waals surface area contributed by atoms with Crippen LogP contribution >= 0.6 is 0 Å². The van der Waals surface area contributed by atoms with Crippen LogP contribution in [0.1, 0.15) is 36.8 Å². The summed E-state index contributed by atoms with van der Waals surface area (Å²) in [6, 6.07) is 5.48. The number of amides is 1. The molecule has 1 aliphatic heterocycles. The predicted molar refractivity (Wildman–Crippen MR) is 108 cm³/mol. The van der Waals surface area contributed by atoms with E-state index in [9.17, 15) is 4.79 Å². The van der Waals surface area contributed by atoms with Gasteiger partial charge in [-0.2, -0.15) is 5.10 Å². The Kier molecular flexibility index (Phi) is 4.49. The molecule has 0 spiro atoms. The summed E-state index contributed by atoms with van der Waals surface area (Å²) < 4.78 is 12.4. The number of anilines is 1. The van der Waals surface area contributed by atoms with Gasteiger partial charge in [-0.25, -0.2) is 9.97 Å². The Morgan fingerprint density at radius 3 is 2.59 bits per heavy atom. The van der Waals surface area contributed by atoms with Crippen molar-refractivity contribution < 1.29 is 14.3 Å². The van der Waals surface area contributed by atoms with E-state index in [1.54, 1.807) is 36.2 Å². The molecule has 1 aliphatic rings. The van der Waals surface area contributed by atoms with Crippen LogP contribution in [-0.2, 0) is 12.1 Å². The van der Waals surface area contributed by atoms with Crippen molar-refractivity contribution >= 4 is 11.6 Å². The summed E-state index contributed by atoms with van der Waals surface area (Å²) in [6.07, 6.45) is 5.28. The molecule has 3 aromatic rings. The van der Waals surface area contributed by atoms with E-state index >= 15 is 0 Å². The predicted octanol–water partition coefficient (Wildman–Crippen LogP) is 3.27. The molecule has 4 heterocycles. The van der Waals surface area contributed by atoms with E-state index in [4.69, 9.17) is 14.5 Å². The second kappa shape index (κ2) is 6.88. The molecule has 0 bridgehead atoms. The molecular weight excluding hydrogens is 370 g/mol.